The van der Waals surface area contributed by atoms with E-state index in [9.17, 15) is 4.79 Å². The van der Waals surface area contributed by atoms with E-state index in [1.54, 1.807) is 20.3 Å². The summed E-state index contributed by atoms with van der Waals surface area (Å²) >= 11 is 0. The quantitative estimate of drug-likeness (QED) is 0.737. The summed E-state index contributed by atoms with van der Waals surface area (Å²) in [5, 5.41) is 0.955. The topological polar surface area (TPSA) is 55.2 Å². The molecule has 4 rings (SSSR count). The Balaban J connectivity index is 1.56. The zero-order chi connectivity index (χ0) is 19.7. The van der Waals surface area contributed by atoms with E-state index in [4.69, 9.17) is 13.9 Å². The molecule has 0 saturated carbocycles. The SMILES string of the molecule is COc1cc2oc(=O)c3c(c2cc1OC)CCN(CCN1CCCCC1C)C3. The third-order valence-corrected chi connectivity index (χ3v) is 6.33. The zero-order valence-corrected chi connectivity index (χ0v) is 17.1. The Hall–Kier alpha value is -2.05. The van der Waals surface area contributed by atoms with E-state index in [1.807, 2.05) is 6.07 Å². The molecule has 2 aliphatic heterocycles. The van der Waals surface area contributed by atoms with Crippen LogP contribution in [-0.2, 0) is 13.0 Å². The zero-order valence-electron chi connectivity index (χ0n) is 17.1. The van der Waals surface area contributed by atoms with Gasteiger partial charge in [0.1, 0.15) is 5.58 Å². The molecule has 1 aromatic carbocycles. The van der Waals surface area contributed by atoms with Crippen LogP contribution >= 0.6 is 0 Å². The number of methoxy groups -OCH3 is 2. The third kappa shape index (κ3) is 3.63. The smallest absolute Gasteiger partial charge is 0.341 e. The standard InChI is InChI=1S/C22H30N2O4/c1-15-6-4-5-8-24(15)11-10-23-9-7-16-17-12-20(26-2)21(27-3)13-19(17)28-22(25)18(16)14-23/h12-13,15H,4-11,14H2,1-3H3. The lowest BCUT2D eigenvalue weighted by molar-refractivity contribution is 0.130. The monoisotopic (exact) mass is 386 g/mol. The van der Waals surface area contributed by atoms with Crippen molar-refractivity contribution in [1.29, 1.82) is 0 Å². The van der Waals surface area contributed by atoms with E-state index in [0.29, 0.717) is 29.7 Å². The summed E-state index contributed by atoms with van der Waals surface area (Å²) in [5.74, 6) is 1.23. The average Bonchev–Trinajstić information content (AvgIpc) is 2.72. The third-order valence-electron chi connectivity index (χ3n) is 6.33. The van der Waals surface area contributed by atoms with Crippen LogP contribution in [0.4, 0.5) is 0 Å². The van der Waals surface area contributed by atoms with Gasteiger partial charge in [-0.3, -0.25) is 9.80 Å². The van der Waals surface area contributed by atoms with Crippen molar-refractivity contribution in [3.8, 4) is 11.5 Å². The van der Waals surface area contributed by atoms with Crippen LogP contribution in [-0.4, -0.2) is 56.2 Å². The minimum Gasteiger partial charge on any atom is -0.493 e. The number of piperidine rings is 1. The summed E-state index contributed by atoms with van der Waals surface area (Å²) in [6, 6.07) is 4.35. The Kier molecular flexibility index (Phi) is 5.60. The van der Waals surface area contributed by atoms with E-state index < -0.39 is 0 Å². The molecule has 1 fully saturated rings. The molecule has 0 aliphatic carbocycles. The number of hydrogen-bond donors (Lipinski definition) is 0. The highest BCUT2D eigenvalue weighted by Crippen LogP contribution is 2.35. The van der Waals surface area contributed by atoms with Crippen LogP contribution < -0.4 is 15.1 Å². The Labute approximate surface area is 166 Å². The Morgan fingerprint density at radius 1 is 1.07 bits per heavy atom. The van der Waals surface area contributed by atoms with Gasteiger partial charge < -0.3 is 13.9 Å². The molecule has 0 radical (unpaired) electrons. The van der Waals surface area contributed by atoms with Gasteiger partial charge in [0, 0.05) is 43.7 Å². The molecule has 28 heavy (non-hydrogen) atoms. The lowest BCUT2D eigenvalue weighted by Gasteiger charge is -2.36. The summed E-state index contributed by atoms with van der Waals surface area (Å²) < 4.78 is 16.4. The van der Waals surface area contributed by atoms with Crippen LogP contribution in [0.3, 0.4) is 0 Å². The first-order valence-electron chi connectivity index (χ1n) is 10.3. The number of nitrogens with zero attached hydrogens (tertiary/aromatic N) is 2. The lowest BCUT2D eigenvalue weighted by Crippen LogP contribution is -2.44. The minimum absolute atomic E-state index is 0.231. The number of benzene rings is 1. The molecular weight excluding hydrogens is 356 g/mol. The van der Waals surface area contributed by atoms with Gasteiger partial charge in [-0.2, -0.15) is 0 Å². The Bertz CT molecular complexity index is 908. The van der Waals surface area contributed by atoms with Crippen molar-refractivity contribution in [2.24, 2.45) is 0 Å². The predicted octanol–water partition coefficient (Wildman–Crippen LogP) is 3.04. The molecular formula is C22H30N2O4. The molecule has 3 heterocycles. The van der Waals surface area contributed by atoms with E-state index in [-0.39, 0.29) is 5.63 Å². The van der Waals surface area contributed by atoms with E-state index in [1.165, 1.54) is 25.8 Å². The molecule has 1 saturated heterocycles. The maximum atomic E-state index is 12.7. The number of likely N-dealkylation sites (tertiary alicyclic amines) is 1. The van der Waals surface area contributed by atoms with Crippen LogP contribution in [0.5, 0.6) is 11.5 Å². The first-order valence-corrected chi connectivity index (χ1v) is 10.3. The molecule has 0 N–H and O–H groups in total. The van der Waals surface area contributed by atoms with Crippen molar-refractivity contribution in [3.05, 3.63) is 33.7 Å². The highest BCUT2D eigenvalue weighted by Gasteiger charge is 2.25. The van der Waals surface area contributed by atoms with Crippen molar-refractivity contribution in [1.82, 2.24) is 9.80 Å². The number of fused-ring (bicyclic) bond motifs is 3. The van der Waals surface area contributed by atoms with E-state index in [0.717, 1.165) is 42.6 Å². The largest absolute Gasteiger partial charge is 0.493 e. The van der Waals surface area contributed by atoms with Gasteiger partial charge >= 0.3 is 5.63 Å². The summed E-state index contributed by atoms with van der Waals surface area (Å²) in [6.07, 6.45) is 4.79. The van der Waals surface area contributed by atoms with Gasteiger partial charge in [0.2, 0.25) is 0 Å². The maximum absolute atomic E-state index is 12.7. The predicted molar refractivity (Wildman–Crippen MR) is 109 cm³/mol. The van der Waals surface area contributed by atoms with Gasteiger partial charge in [-0.05, 0) is 44.4 Å². The maximum Gasteiger partial charge on any atom is 0.341 e. The van der Waals surface area contributed by atoms with Crippen molar-refractivity contribution >= 4 is 11.0 Å². The fraction of sp³-hybridized carbons (Fsp3) is 0.591. The van der Waals surface area contributed by atoms with E-state index in [2.05, 4.69) is 16.7 Å². The summed E-state index contributed by atoms with van der Waals surface area (Å²) in [6.45, 7) is 7.20. The van der Waals surface area contributed by atoms with Crippen LogP contribution in [0.1, 0.15) is 37.3 Å². The first kappa shape index (κ1) is 19.3. The number of hydrogen-bond acceptors (Lipinski definition) is 6. The van der Waals surface area contributed by atoms with Gasteiger partial charge in [-0.15, -0.1) is 0 Å². The van der Waals surface area contributed by atoms with Crippen LogP contribution in [0, 0.1) is 0 Å². The summed E-state index contributed by atoms with van der Waals surface area (Å²) in [5.41, 5.74) is 2.22. The van der Waals surface area contributed by atoms with Gasteiger partial charge in [-0.1, -0.05) is 6.42 Å². The Morgan fingerprint density at radius 2 is 1.86 bits per heavy atom. The summed E-state index contributed by atoms with van der Waals surface area (Å²) in [4.78, 5) is 17.6. The van der Waals surface area contributed by atoms with Gasteiger partial charge in [0.25, 0.3) is 0 Å². The second-order valence-electron chi connectivity index (χ2n) is 7.96. The molecule has 6 heteroatoms. The van der Waals surface area contributed by atoms with Crippen molar-refractivity contribution in [2.45, 2.75) is 45.2 Å². The highest BCUT2D eigenvalue weighted by atomic mass is 16.5. The van der Waals surface area contributed by atoms with Crippen molar-refractivity contribution in [3.63, 3.8) is 0 Å². The molecule has 2 aromatic rings. The van der Waals surface area contributed by atoms with E-state index >= 15 is 0 Å². The average molecular weight is 386 g/mol. The molecule has 0 bridgehead atoms. The van der Waals surface area contributed by atoms with Crippen molar-refractivity contribution in [2.75, 3.05) is 40.4 Å². The lowest BCUT2D eigenvalue weighted by atomic mass is 9.97. The molecule has 6 nitrogen and oxygen atoms in total. The van der Waals surface area contributed by atoms with Crippen LogP contribution in [0.2, 0.25) is 0 Å². The van der Waals surface area contributed by atoms with Gasteiger partial charge in [-0.25, -0.2) is 4.79 Å². The van der Waals surface area contributed by atoms with Gasteiger partial charge in [0.15, 0.2) is 11.5 Å². The second-order valence-corrected chi connectivity index (χ2v) is 7.96. The molecule has 1 unspecified atom stereocenters. The summed E-state index contributed by atoms with van der Waals surface area (Å²) in [7, 11) is 3.21. The number of rotatable bonds is 5. The molecule has 2 aliphatic rings. The fourth-order valence-corrected chi connectivity index (χ4v) is 4.60. The number of ether oxygens (including phenoxy) is 2. The molecule has 0 spiro atoms. The first-order chi connectivity index (χ1) is 13.6. The van der Waals surface area contributed by atoms with Crippen molar-refractivity contribution < 1.29 is 13.9 Å². The van der Waals surface area contributed by atoms with Crippen LogP contribution in [0.15, 0.2) is 21.3 Å². The molecule has 1 aromatic heterocycles. The Morgan fingerprint density at radius 3 is 2.61 bits per heavy atom. The van der Waals surface area contributed by atoms with Crippen LogP contribution in [0.25, 0.3) is 11.0 Å². The normalized spacial score (nSPS) is 20.9. The fourth-order valence-electron chi connectivity index (χ4n) is 4.60. The molecule has 0 amide bonds. The molecule has 152 valence electrons. The highest BCUT2D eigenvalue weighted by molar-refractivity contribution is 5.85. The molecule has 1 atom stereocenters. The minimum atomic E-state index is -0.231. The second kappa shape index (κ2) is 8.13. The van der Waals surface area contributed by atoms with Gasteiger partial charge in [0.05, 0.1) is 19.8 Å².